The molecule has 548 valence electrons. The van der Waals surface area contributed by atoms with Crippen molar-refractivity contribution in [3.05, 3.63) is 202 Å². The summed E-state index contributed by atoms with van der Waals surface area (Å²) in [6.07, 6.45) is 27.0. The van der Waals surface area contributed by atoms with E-state index in [4.69, 9.17) is 0 Å². The first-order chi connectivity index (χ1) is 49.5. The molecule has 0 bridgehead atoms. The van der Waals surface area contributed by atoms with Crippen molar-refractivity contribution in [3.63, 3.8) is 0 Å². The number of benzene rings is 8. The van der Waals surface area contributed by atoms with Crippen LogP contribution in [0.1, 0.15) is 316 Å². The summed E-state index contributed by atoms with van der Waals surface area (Å²) in [6.45, 7) is 46.8. The van der Waals surface area contributed by atoms with E-state index in [1.165, 1.54) is 199 Å². The van der Waals surface area contributed by atoms with Crippen LogP contribution in [0.3, 0.4) is 0 Å². The zero-order valence-electron chi connectivity index (χ0n) is 68.3. The molecule has 0 spiro atoms. The minimum absolute atomic E-state index is 0.00108. The standard InChI is InChI=1S/C103H136/c1-20-69(11)61-101(62-70(12)21-2)92-35-27-26-34-84(92)86-44-37-79(56-95(86)101)81-40-47-89-91-49-42-83(60-99(91)103(97(89)58-81,65-73(15)24-5)66-74(16)25-6)82-41-48-90-88-46-39-80(57-96(88)102(98(90)59-82,63-71(13)22-3)64-72(14)23-4)78-38-45-87-85-43-36-77(19)54-93(85)100(94(87)55-78,52-50-75(17)32-28-30-67(7)8)53-51-76(18)33-29-31-68(9)10/h26-27,34-49,54-60,67-76H,20-25,28-33,50-53,61-66H2,1-19H3. The zero-order chi connectivity index (χ0) is 73.3. The van der Waals surface area contributed by atoms with E-state index in [2.05, 4.69) is 283 Å². The minimum atomic E-state index is -0.129. The third kappa shape index (κ3) is 14.9. The van der Waals surface area contributed by atoms with Crippen molar-refractivity contribution in [2.45, 2.75) is 294 Å². The molecule has 8 aromatic carbocycles. The van der Waals surface area contributed by atoms with Crippen molar-refractivity contribution in [2.24, 2.45) is 59.2 Å². The van der Waals surface area contributed by atoms with Crippen LogP contribution >= 0.6 is 0 Å². The number of rotatable bonds is 35. The predicted molar refractivity (Wildman–Crippen MR) is 451 cm³/mol. The van der Waals surface area contributed by atoms with Crippen molar-refractivity contribution >= 4 is 0 Å². The number of hydrogen-bond acceptors (Lipinski definition) is 0. The highest BCUT2D eigenvalue weighted by Gasteiger charge is 2.50. The van der Waals surface area contributed by atoms with E-state index >= 15 is 0 Å². The van der Waals surface area contributed by atoms with Gasteiger partial charge in [0.1, 0.15) is 0 Å². The van der Waals surface area contributed by atoms with Crippen molar-refractivity contribution < 1.29 is 0 Å². The Kier molecular flexibility index (Phi) is 23.8. The van der Waals surface area contributed by atoms with E-state index in [0.717, 1.165) is 37.5 Å². The topological polar surface area (TPSA) is 0 Å². The van der Waals surface area contributed by atoms with Crippen LogP contribution in [-0.4, -0.2) is 0 Å². The first-order valence-electron chi connectivity index (χ1n) is 42.6. The summed E-state index contributed by atoms with van der Waals surface area (Å²) in [6, 6.07) is 63.7. The van der Waals surface area contributed by atoms with Gasteiger partial charge in [0.25, 0.3) is 0 Å². The lowest BCUT2D eigenvalue weighted by molar-refractivity contribution is 0.308. The van der Waals surface area contributed by atoms with Gasteiger partial charge in [-0.15, -0.1) is 0 Å². The molecule has 4 aliphatic rings. The fourth-order valence-electron chi connectivity index (χ4n) is 20.8. The Hall–Kier alpha value is -6.24. The second-order valence-electron chi connectivity index (χ2n) is 36.7. The van der Waals surface area contributed by atoms with Gasteiger partial charge in [-0.05, 0) is 289 Å². The van der Waals surface area contributed by atoms with Gasteiger partial charge < -0.3 is 0 Å². The van der Waals surface area contributed by atoms with Crippen molar-refractivity contribution in [2.75, 3.05) is 0 Å². The molecule has 0 heterocycles. The molecule has 0 nitrogen and oxygen atoms in total. The summed E-state index contributed by atoms with van der Waals surface area (Å²) in [7, 11) is 0. The number of aryl methyl sites for hydroxylation is 1. The van der Waals surface area contributed by atoms with Gasteiger partial charge in [-0.1, -0.05) is 323 Å². The van der Waals surface area contributed by atoms with E-state index in [0.29, 0.717) is 47.3 Å². The molecule has 0 heteroatoms. The molecule has 0 saturated heterocycles. The monoisotopic (exact) mass is 1370 g/mol. The molecule has 0 radical (unpaired) electrons. The first kappa shape index (κ1) is 76.4. The minimum Gasteiger partial charge on any atom is -0.0651 e. The highest BCUT2D eigenvalue weighted by Crippen LogP contribution is 2.62. The van der Waals surface area contributed by atoms with E-state index in [1.807, 2.05) is 0 Å². The molecule has 0 aromatic heterocycles. The van der Waals surface area contributed by atoms with E-state index in [-0.39, 0.29) is 21.7 Å². The van der Waals surface area contributed by atoms with Crippen LogP contribution in [-0.2, 0) is 21.7 Å². The molecule has 0 N–H and O–H groups in total. The average molecular weight is 1370 g/mol. The molecule has 4 aliphatic carbocycles. The molecule has 0 aliphatic heterocycles. The Bertz CT molecular complexity index is 4170. The summed E-state index contributed by atoms with van der Waals surface area (Å²) in [5.74, 6) is 6.45. The van der Waals surface area contributed by atoms with Crippen LogP contribution in [0, 0.1) is 66.1 Å². The maximum absolute atomic E-state index is 2.74. The highest BCUT2D eigenvalue weighted by atomic mass is 14.5. The zero-order valence-corrected chi connectivity index (χ0v) is 68.3. The molecule has 8 aromatic rings. The molecule has 8 atom stereocenters. The van der Waals surface area contributed by atoms with Crippen LogP contribution in [0.25, 0.3) is 77.9 Å². The van der Waals surface area contributed by atoms with Gasteiger partial charge in [0.05, 0.1) is 0 Å². The maximum atomic E-state index is 2.74. The Morgan fingerprint density at radius 3 is 0.757 bits per heavy atom. The third-order valence-electron chi connectivity index (χ3n) is 28.0. The van der Waals surface area contributed by atoms with Gasteiger partial charge in [-0.25, -0.2) is 0 Å². The SMILES string of the molecule is CCC(C)CC1(CC(C)CC)c2ccccc2-c2ccc(-c3ccc4c(c3)C(CC(C)CC)(CC(C)CC)c3cc(-c5ccc6c(c5)C(CC(C)CC)(CC(C)CC)c5cc(-c7ccc8c(c7)C(CCC(C)CCCC(C)C)(CCC(C)CCCC(C)C)c7cc(C)ccc7-8)ccc5-6)ccc3-4)cc21. The van der Waals surface area contributed by atoms with E-state index in [9.17, 15) is 0 Å². The van der Waals surface area contributed by atoms with Crippen LogP contribution < -0.4 is 0 Å². The number of fused-ring (bicyclic) bond motifs is 12. The Morgan fingerprint density at radius 1 is 0.233 bits per heavy atom. The fourth-order valence-corrected chi connectivity index (χ4v) is 20.8. The molecular formula is C103H136. The first-order valence-corrected chi connectivity index (χ1v) is 42.6. The van der Waals surface area contributed by atoms with Gasteiger partial charge in [-0.2, -0.15) is 0 Å². The van der Waals surface area contributed by atoms with Gasteiger partial charge in [-0.3, -0.25) is 0 Å². The predicted octanol–water partition coefficient (Wildman–Crippen LogP) is 31.2. The molecule has 0 saturated carbocycles. The van der Waals surface area contributed by atoms with Gasteiger partial charge in [0.2, 0.25) is 0 Å². The van der Waals surface area contributed by atoms with E-state index in [1.54, 1.807) is 44.5 Å². The van der Waals surface area contributed by atoms with Crippen molar-refractivity contribution in [1.29, 1.82) is 0 Å². The quantitative estimate of drug-likeness (QED) is 0.0371. The molecule has 103 heavy (non-hydrogen) atoms. The molecule has 0 amide bonds. The maximum Gasteiger partial charge on any atom is 0.0220 e. The smallest absolute Gasteiger partial charge is 0.0220 e. The van der Waals surface area contributed by atoms with Gasteiger partial charge in [0, 0.05) is 21.7 Å². The average Bonchev–Trinajstić information content (AvgIpc) is 1.57. The Balaban J connectivity index is 0.960. The lowest BCUT2D eigenvalue weighted by Gasteiger charge is -2.38. The molecule has 8 unspecified atom stereocenters. The normalized spacial score (nSPS) is 21.3. The van der Waals surface area contributed by atoms with Crippen molar-refractivity contribution in [1.82, 2.24) is 0 Å². The van der Waals surface area contributed by atoms with Gasteiger partial charge >= 0.3 is 0 Å². The largest absolute Gasteiger partial charge is 0.0651 e. The highest BCUT2D eigenvalue weighted by molar-refractivity contribution is 5.91. The van der Waals surface area contributed by atoms with Crippen LogP contribution in [0.5, 0.6) is 0 Å². The van der Waals surface area contributed by atoms with Crippen LogP contribution in [0.4, 0.5) is 0 Å². The summed E-state index contributed by atoms with van der Waals surface area (Å²) in [5.41, 5.74) is 33.7. The van der Waals surface area contributed by atoms with E-state index < -0.39 is 0 Å². The Labute approximate surface area is 629 Å². The summed E-state index contributed by atoms with van der Waals surface area (Å²) < 4.78 is 0. The van der Waals surface area contributed by atoms with Crippen molar-refractivity contribution in [3.8, 4) is 77.9 Å². The summed E-state index contributed by atoms with van der Waals surface area (Å²) in [4.78, 5) is 0. The van der Waals surface area contributed by atoms with Crippen LogP contribution in [0.15, 0.2) is 152 Å². The second-order valence-corrected chi connectivity index (χ2v) is 36.7. The summed E-state index contributed by atoms with van der Waals surface area (Å²) >= 11 is 0. The molecular weight excluding hydrogens is 1240 g/mol. The van der Waals surface area contributed by atoms with Crippen LogP contribution in [0.2, 0.25) is 0 Å². The molecule has 0 fully saturated rings. The van der Waals surface area contributed by atoms with Gasteiger partial charge in [0.15, 0.2) is 0 Å². The lowest BCUT2D eigenvalue weighted by atomic mass is 9.65. The second kappa shape index (κ2) is 32.1. The fraction of sp³-hybridized carbons (Fsp3) is 0.534. The Morgan fingerprint density at radius 2 is 0.476 bits per heavy atom. The summed E-state index contributed by atoms with van der Waals surface area (Å²) in [5, 5.41) is 0. The lowest BCUT2D eigenvalue weighted by Crippen LogP contribution is -2.30. The molecule has 12 rings (SSSR count). The number of hydrogen-bond donors (Lipinski definition) is 0. The third-order valence-corrected chi connectivity index (χ3v) is 28.0.